The van der Waals surface area contributed by atoms with Crippen LogP contribution in [0, 0.1) is 0 Å². The highest BCUT2D eigenvalue weighted by atomic mass is 31.1. The fourth-order valence-electron chi connectivity index (χ4n) is 3.88. The Labute approximate surface area is 207 Å². The minimum absolute atomic E-state index is 0.163. The Balaban J connectivity index is 1.68. The zero-order valence-corrected chi connectivity index (χ0v) is 21.3. The zero-order chi connectivity index (χ0) is 25.2. The first kappa shape index (κ1) is 26.6. The quantitative estimate of drug-likeness (QED) is 0.223. The van der Waals surface area contributed by atoms with Gasteiger partial charge in [-0.1, -0.05) is 18.2 Å². The van der Waals surface area contributed by atoms with Gasteiger partial charge in [0.1, 0.15) is 12.4 Å². The van der Waals surface area contributed by atoms with E-state index in [1.165, 1.54) is 0 Å². The normalized spacial score (nSPS) is 11.4. The van der Waals surface area contributed by atoms with Crippen molar-refractivity contribution in [2.24, 2.45) is 0 Å². The summed E-state index contributed by atoms with van der Waals surface area (Å²) in [7, 11) is -0.878. The molecule has 3 N–H and O–H groups in total. The average molecular weight is 499 g/mol. The van der Waals surface area contributed by atoms with Gasteiger partial charge in [-0.3, -0.25) is 4.79 Å². The first-order valence-corrected chi connectivity index (χ1v) is 12.8. The van der Waals surface area contributed by atoms with E-state index in [4.69, 9.17) is 9.63 Å². The van der Waals surface area contributed by atoms with Gasteiger partial charge >= 0.3 is 8.25 Å². The third-order valence-corrected chi connectivity index (χ3v) is 6.15. The molecule has 0 saturated carbocycles. The van der Waals surface area contributed by atoms with Crippen molar-refractivity contribution in [1.29, 1.82) is 0 Å². The molecule has 0 spiro atoms. The summed E-state index contributed by atoms with van der Waals surface area (Å²) in [6.07, 6.45) is 0.643. The molecule has 186 valence electrons. The van der Waals surface area contributed by atoms with E-state index in [1.54, 1.807) is 7.11 Å². The van der Waals surface area contributed by atoms with Gasteiger partial charge in [-0.05, 0) is 74.2 Å². The summed E-state index contributed by atoms with van der Waals surface area (Å²) in [5.74, 6) is 0.622. The standard InChI is InChI=1S/C26H32N3O5P/c1-4-29(5-2)25-16-21(15-20-9-12-23(33-3)17-24(20)25)26(30)28-22-10-7-19(8-11-22)18-27-13-6-14-34-35(31)32/h7-12,15-17,27H,4-6,13-14,18H2,1-3H3,(H-,28,30,31,32)/p+1. The molecule has 8 nitrogen and oxygen atoms in total. The maximum Gasteiger partial charge on any atom is 0.694 e. The molecule has 1 amide bonds. The second-order valence-corrected chi connectivity index (χ2v) is 8.74. The first-order chi connectivity index (χ1) is 16.9. The molecule has 1 atom stereocenters. The van der Waals surface area contributed by atoms with E-state index in [1.807, 2.05) is 54.6 Å². The van der Waals surface area contributed by atoms with Gasteiger partial charge in [0.2, 0.25) is 0 Å². The van der Waals surface area contributed by atoms with Gasteiger partial charge < -0.3 is 20.3 Å². The molecule has 0 aliphatic heterocycles. The Morgan fingerprint density at radius 3 is 2.46 bits per heavy atom. The molecule has 0 aromatic heterocycles. The Kier molecular flexibility index (Phi) is 9.99. The molecule has 0 fully saturated rings. The van der Waals surface area contributed by atoms with E-state index in [-0.39, 0.29) is 12.5 Å². The maximum absolute atomic E-state index is 13.1. The van der Waals surface area contributed by atoms with Gasteiger partial charge in [0.05, 0.1) is 7.11 Å². The number of nitrogens with zero attached hydrogens (tertiary/aromatic N) is 1. The van der Waals surface area contributed by atoms with Crippen molar-refractivity contribution in [3.8, 4) is 5.75 Å². The summed E-state index contributed by atoms with van der Waals surface area (Å²) in [6, 6.07) is 17.4. The lowest BCUT2D eigenvalue weighted by molar-refractivity contribution is 0.102. The molecule has 0 radical (unpaired) electrons. The monoisotopic (exact) mass is 498 g/mol. The lowest BCUT2D eigenvalue weighted by Crippen LogP contribution is -2.23. The SMILES string of the molecule is CCN(CC)c1cc(C(=O)Nc2ccc(CNCCCO[P+](=O)O)cc2)cc2ccc(OC)cc12. The van der Waals surface area contributed by atoms with Gasteiger partial charge in [0, 0.05) is 46.5 Å². The summed E-state index contributed by atoms with van der Waals surface area (Å²) in [6.45, 7) is 7.43. The van der Waals surface area contributed by atoms with Crippen molar-refractivity contribution in [3.05, 3.63) is 65.7 Å². The number of carbonyl (C=O) groups excluding carboxylic acids is 1. The van der Waals surface area contributed by atoms with Crippen LogP contribution in [0.1, 0.15) is 36.2 Å². The molecule has 35 heavy (non-hydrogen) atoms. The number of benzene rings is 3. The molecular formula is C26H33N3O5P+. The van der Waals surface area contributed by atoms with Crippen LogP contribution in [0.25, 0.3) is 10.8 Å². The number of rotatable bonds is 13. The number of fused-ring (bicyclic) bond motifs is 1. The molecule has 0 aliphatic carbocycles. The van der Waals surface area contributed by atoms with Crippen molar-refractivity contribution in [2.45, 2.75) is 26.8 Å². The highest BCUT2D eigenvalue weighted by molar-refractivity contribution is 7.32. The smallest absolute Gasteiger partial charge is 0.497 e. The second kappa shape index (κ2) is 13.2. The summed E-state index contributed by atoms with van der Waals surface area (Å²) in [5.41, 5.74) is 3.40. The predicted molar refractivity (Wildman–Crippen MR) is 141 cm³/mol. The molecular weight excluding hydrogens is 465 g/mol. The second-order valence-electron chi connectivity index (χ2n) is 8.01. The lowest BCUT2D eigenvalue weighted by Gasteiger charge is -2.24. The minimum atomic E-state index is -2.53. The number of anilines is 2. The first-order valence-electron chi connectivity index (χ1n) is 11.7. The van der Waals surface area contributed by atoms with Crippen molar-refractivity contribution in [2.75, 3.05) is 43.6 Å². The van der Waals surface area contributed by atoms with Crippen LogP contribution in [-0.4, -0.2) is 44.2 Å². The Bertz CT molecular complexity index is 1150. The van der Waals surface area contributed by atoms with Crippen LogP contribution in [0.15, 0.2) is 54.6 Å². The fraction of sp³-hybridized carbons (Fsp3) is 0.346. The highest BCUT2D eigenvalue weighted by Crippen LogP contribution is 2.32. The lowest BCUT2D eigenvalue weighted by atomic mass is 10.0. The summed E-state index contributed by atoms with van der Waals surface area (Å²) < 4.78 is 20.5. The van der Waals surface area contributed by atoms with Crippen LogP contribution >= 0.6 is 8.25 Å². The minimum Gasteiger partial charge on any atom is -0.497 e. The van der Waals surface area contributed by atoms with Gasteiger partial charge in [-0.15, -0.1) is 9.42 Å². The Hall–Kier alpha value is -3.03. The number of carbonyl (C=O) groups is 1. The zero-order valence-electron chi connectivity index (χ0n) is 20.4. The van der Waals surface area contributed by atoms with Gasteiger partial charge in [0.15, 0.2) is 0 Å². The molecule has 0 saturated heterocycles. The van der Waals surface area contributed by atoms with E-state index in [0.29, 0.717) is 25.1 Å². The molecule has 0 bridgehead atoms. The van der Waals surface area contributed by atoms with Crippen LogP contribution in [0.2, 0.25) is 0 Å². The largest absolute Gasteiger partial charge is 0.694 e. The molecule has 9 heteroatoms. The van der Waals surface area contributed by atoms with Crippen LogP contribution in [0.4, 0.5) is 11.4 Å². The van der Waals surface area contributed by atoms with E-state index in [9.17, 15) is 9.36 Å². The Morgan fingerprint density at radius 1 is 1.06 bits per heavy atom. The number of methoxy groups -OCH3 is 1. The Morgan fingerprint density at radius 2 is 1.80 bits per heavy atom. The van der Waals surface area contributed by atoms with Gasteiger partial charge in [0.25, 0.3) is 5.91 Å². The van der Waals surface area contributed by atoms with Gasteiger partial charge in [-0.2, -0.15) is 0 Å². The molecule has 3 rings (SSSR count). The third-order valence-electron chi connectivity index (χ3n) is 5.75. The third kappa shape index (κ3) is 7.47. The van der Waals surface area contributed by atoms with Gasteiger partial charge in [-0.25, -0.2) is 0 Å². The topological polar surface area (TPSA) is 100 Å². The van der Waals surface area contributed by atoms with Crippen molar-refractivity contribution < 1.29 is 23.5 Å². The van der Waals surface area contributed by atoms with Crippen molar-refractivity contribution in [3.63, 3.8) is 0 Å². The number of amides is 1. The van der Waals surface area contributed by atoms with E-state index in [0.717, 1.165) is 46.5 Å². The molecule has 3 aromatic carbocycles. The highest BCUT2D eigenvalue weighted by Gasteiger charge is 2.15. The molecule has 0 heterocycles. The van der Waals surface area contributed by atoms with Crippen LogP contribution in [-0.2, 0) is 15.6 Å². The van der Waals surface area contributed by atoms with E-state index < -0.39 is 8.25 Å². The van der Waals surface area contributed by atoms with Crippen molar-refractivity contribution in [1.82, 2.24) is 5.32 Å². The summed E-state index contributed by atoms with van der Waals surface area (Å²) in [5, 5.41) is 8.29. The van der Waals surface area contributed by atoms with E-state index >= 15 is 0 Å². The number of hydrogen-bond donors (Lipinski definition) is 3. The van der Waals surface area contributed by atoms with Crippen LogP contribution < -0.4 is 20.3 Å². The van der Waals surface area contributed by atoms with E-state index in [2.05, 4.69) is 33.9 Å². The maximum atomic E-state index is 13.1. The number of nitrogens with one attached hydrogen (secondary N) is 2. The molecule has 1 unspecified atom stereocenters. The summed E-state index contributed by atoms with van der Waals surface area (Å²) >= 11 is 0. The molecule has 0 aliphatic rings. The predicted octanol–water partition coefficient (Wildman–Crippen LogP) is 5.09. The van der Waals surface area contributed by atoms with Crippen molar-refractivity contribution >= 4 is 36.3 Å². The average Bonchev–Trinajstić information content (AvgIpc) is 2.87. The summed E-state index contributed by atoms with van der Waals surface area (Å²) in [4.78, 5) is 24.0. The van der Waals surface area contributed by atoms with Crippen LogP contribution in [0.3, 0.4) is 0 Å². The number of ether oxygens (including phenoxy) is 1. The van der Waals surface area contributed by atoms with Crippen LogP contribution in [0.5, 0.6) is 5.75 Å². The fourth-order valence-corrected chi connectivity index (χ4v) is 4.17. The molecule has 3 aromatic rings. The number of hydrogen-bond acceptors (Lipinski definition) is 6.